The van der Waals surface area contributed by atoms with Crippen molar-refractivity contribution in [1.82, 2.24) is 5.32 Å². The Morgan fingerprint density at radius 2 is 1.62 bits per heavy atom. The summed E-state index contributed by atoms with van der Waals surface area (Å²) in [4.78, 5) is 12.3. The van der Waals surface area contributed by atoms with Crippen LogP contribution in [0, 0.1) is 5.92 Å². The Kier molecular flexibility index (Phi) is 6.28. The number of hydrogen-bond acceptors (Lipinski definition) is 1. The zero-order chi connectivity index (χ0) is 15.1. The van der Waals surface area contributed by atoms with E-state index in [1.807, 2.05) is 0 Å². The van der Waals surface area contributed by atoms with Crippen molar-refractivity contribution >= 4 is 5.91 Å². The average Bonchev–Trinajstić information content (AvgIpc) is 2.45. The van der Waals surface area contributed by atoms with Gasteiger partial charge >= 0.3 is 0 Å². The minimum Gasteiger partial charge on any atom is -0.352 e. The molecule has 1 N–H and O–H groups in total. The molecule has 2 rings (SSSR count). The Morgan fingerprint density at radius 3 is 2.19 bits per heavy atom. The van der Waals surface area contributed by atoms with E-state index in [4.69, 9.17) is 0 Å². The molecule has 0 saturated heterocycles. The number of nitrogens with one attached hydrogen (secondary N) is 1. The minimum atomic E-state index is 0.236. The van der Waals surface area contributed by atoms with Crippen LogP contribution in [0.4, 0.5) is 0 Å². The smallest absolute Gasteiger partial charge is 0.223 e. The molecule has 0 bridgehead atoms. The van der Waals surface area contributed by atoms with Gasteiger partial charge in [0.2, 0.25) is 5.91 Å². The first kappa shape index (κ1) is 16.1. The van der Waals surface area contributed by atoms with Gasteiger partial charge in [-0.1, -0.05) is 70.2 Å². The molecule has 1 aliphatic rings. The van der Waals surface area contributed by atoms with Crippen LogP contribution in [0.3, 0.4) is 0 Å². The van der Waals surface area contributed by atoms with Gasteiger partial charge < -0.3 is 5.32 Å². The number of hydrogen-bond donors (Lipinski definition) is 1. The van der Waals surface area contributed by atoms with Gasteiger partial charge in [-0.15, -0.1) is 0 Å². The fraction of sp³-hybridized carbons (Fsp3) is 0.632. The van der Waals surface area contributed by atoms with Gasteiger partial charge in [-0.2, -0.15) is 0 Å². The largest absolute Gasteiger partial charge is 0.352 e. The summed E-state index contributed by atoms with van der Waals surface area (Å²) < 4.78 is 0. The molecule has 0 aromatic heterocycles. The number of carbonyl (C=O) groups excluding carboxylic acids is 1. The number of carbonyl (C=O) groups is 1. The van der Waals surface area contributed by atoms with Crippen molar-refractivity contribution in [2.24, 2.45) is 5.92 Å². The van der Waals surface area contributed by atoms with Crippen LogP contribution in [0.1, 0.15) is 75.8 Å². The second kappa shape index (κ2) is 8.21. The van der Waals surface area contributed by atoms with Crippen LogP contribution in [0.2, 0.25) is 0 Å². The molecule has 1 aromatic rings. The van der Waals surface area contributed by atoms with E-state index in [9.17, 15) is 4.79 Å². The van der Waals surface area contributed by atoms with E-state index in [-0.39, 0.29) is 11.8 Å². The Labute approximate surface area is 129 Å². The van der Waals surface area contributed by atoms with Crippen LogP contribution >= 0.6 is 0 Å². The van der Waals surface area contributed by atoms with Crippen molar-refractivity contribution in [3.05, 3.63) is 35.4 Å². The lowest BCUT2D eigenvalue weighted by atomic mass is 9.90. The molecule has 1 aliphatic carbocycles. The molecule has 0 radical (unpaired) electrons. The molecule has 0 unspecified atom stereocenters. The van der Waals surface area contributed by atoms with E-state index in [0.29, 0.717) is 12.5 Å². The molecular weight excluding hydrogens is 258 g/mol. The van der Waals surface area contributed by atoms with E-state index in [1.54, 1.807) is 0 Å². The third-order valence-electron chi connectivity index (χ3n) is 4.59. The van der Waals surface area contributed by atoms with E-state index in [1.165, 1.54) is 43.2 Å². The van der Waals surface area contributed by atoms with E-state index >= 15 is 0 Å². The molecule has 21 heavy (non-hydrogen) atoms. The highest BCUT2D eigenvalue weighted by atomic mass is 16.1. The van der Waals surface area contributed by atoms with Gasteiger partial charge in [-0.3, -0.25) is 4.79 Å². The van der Waals surface area contributed by atoms with Gasteiger partial charge in [-0.05, 0) is 29.9 Å². The minimum absolute atomic E-state index is 0.236. The number of benzene rings is 1. The van der Waals surface area contributed by atoms with Crippen LogP contribution in [0.5, 0.6) is 0 Å². The first-order valence-corrected chi connectivity index (χ1v) is 8.53. The normalized spacial score (nSPS) is 17.3. The summed E-state index contributed by atoms with van der Waals surface area (Å²) in [5, 5.41) is 3.13. The lowest BCUT2D eigenvalue weighted by molar-refractivity contribution is -0.125. The molecule has 1 saturated carbocycles. The van der Waals surface area contributed by atoms with E-state index < -0.39 is 0 Å². The Bertz CT molecular complexity index is 427. The van der Waals surface area contributed by atoms with Crippen LogP contribution in [0.25, 0.3) is 0 Å². The predicted molar refractivity (Wildman–Crippen MR) is 88.2 cm³/mol. The van der Waals surface area contributed by atoms with E-state index in [2.05, 4.69) is 43.4 Å². The number of rotatable bonds is 4. The quantitative estimate of drug-likeness (QED) is 0.847. The molecule has 1 amide bonds. The molecule has 0 heterocycles. The van der Waals surface area contributed by atoms with E-state index in [0.717, 1.165) is 12.8 Å². The second-order valence-electron chi connectivity index (χ2n) is 6.66. The summed E-state index contributed by atoms with van der Waals surface area (Å²) >= 11 is 0. The van der Waals surface area contributed by atoms with Crippen molar-refractivity contribution in [1.29, 1.82) is 0 Å². The number of amides is 1. The fourth-order valence-corrected chi connectivity index (χ4v) is 3.07. The van der Waals surface area contributed by atoms with Gasteiger partial charge in [0, 0.05) is 12.5 Å². The Hall–Kier alpha value is -1.31. The summed E-state index contributed by atoms with van der Waals surface area (Å²) in [6, 6.07) is 8.60. The highest BCUT2D eigenvalue weighted by Gasteiger charge is 2.18. The van der Waals surface area contributed by atoms with Gasteiger partial charge in [0.25, 0.3) is 0 Å². The Morgan fingerprint density at radius 1 is 1.05 bits per heavy atom. The van der Waals surface area contributed by atoms with Crippen LogP contribution < -0.4 is 5.32 Å². The van der Waals surface area contributed by atoms with Crippen LogP contribution in [-0.2, 0) is 11.3 Å². The summed E-state index contributed by atoms with van der Waals surface area (Å²) in [5.41, 5.74) is 2.55. The fourth-order valence-electron chi connectivity index (χ4n) is 3.07. The Balaban J connectivity index is 1.82. The van der Waals surface area contributed by atoms with Crippen LogP contribution in [-0.4, -0.2) is 5.91 Å². The predicted octanol–water partition coefficient (Wildman–Crippen LogP) is 4.79. The summed E-state index contributed by atoms with van der Waals surface area (Å²) in [5.74, 6) is 1.05. The van der Waals surface area contributed by atoms with Gasteiger partial charge in [-0.25, -0.2) is 0 Å². The molecule has 116 valence electrons. The third-order valence-corrected chi connectivity index (χ3v) is 4.59. The van der Waals surface area contributed by atoms with Crippen molar-refractivity contribution in [2.75, 3.05) is 0 Å². The van der Waals surface area contributed by atoms with Gasteiger partial charge in [0.15, 0.2) is 0 Å². The lowest BCUT2D eigenvalue weighted by Gasteiger charge is -2.19. The maximum atomic E-state index is 12.3. The molecule has 0 spiro atoms. The third kappa shape index (κ3) is 5.18. The molecule has 1 aromatic carbocycles. The maximum Gasteiger partial charge on any atom is 0.223 e. The van der Waals surface area contributed by atoms with Gasteiger partial charge in [0.05, 0.1) is 0 Å². The summed E-state index contributed by atoms with van der Waals surface area (Å²) in [6.07, 6.45) is 8.48. The van der Waals surface area contributed by atoms with Crippen molar-refractivity contribution < 1.29 is 4.79 Å². The summed E-state index contributed by atoms with van der Waals surface area (Å²) in [7, 11) is 0. The lowest BCUT2D eigenvalue weighted by Crippen LogP contribution is -2.30. The molecule has 0 aliphatic heterocycles. The van der Waals surface area contributed by atoms with Crippen molar-refractivity contribution in [3.63, 3.8) is 0 Å². The molecule has 2 nitrogen and oxygen atoms in total. The molecule has 2 heteroatoms. The topological polar surface area (TPSA) is 29.1 Å². The van der Waals surface area contributed by atoms with Crippen LogP contribution in [0.15, 0.2) is 24.3 Å². The van der Waals surface area contributed by atoms with Crippen molar-refractivity contribution in [3.8, 4) is 0 Å². The van der Waals surface area contributed by atoms with Crippen molar-refractivity contribution in [2.45, 2.75) is 71.3 Å². The highest BCUT2D eigenvalue weighted by Crippen LogP contribution is 2.22. The average molecular weight is 287 g/mol. The highest BCUT2D eigenvalue weighted by molar-refractivity contribution is 5.78. The summed E-state index contributed by atoms with van der Waals surface area (Å²) in [6.45, 7) is 5.06. The van der Waals surface area contributed by atoms with Gasteiger partial charge in [0.1, 0.15) is 0 Å². The first-order chi connectivity index (χ1) is 10.2. The monoisotopic (exact) mass is 287 g/mol. The zero-order valence-electron chi connectivity index (χ0n) is 13.5. The molecular formula is C19H29NO. The SMILES string of the molecule is CC(C)c1ccc(CNC(=O)C2CCCCCCC2)cc1. The molecule has 0 atom stereocenters. The zero-order valence-corrected chi connectivity index (χ0v) is 13.5. The first-order valence-electron chi connectivity index (χ1n) is 8.53. The molecule has 1 fully saturated rings. The standard InChI is InChI=1S/C19H29NO/c1-15(2)17-12-10-16(11-13-17)14-20-19(21)18-8-6-4-3-5-7-9-18/h10-13,15,18H,3-9,14H2,1-2H3,(H,20,21). The second-order valence-corrected chi connectivity index (χ2v) is 6.66. The maximum absolute atomic E-state index is 12.3.